The highest BCUT2D eigenvalue weighted by Gasteiger charge is 2.34. The zero-order valence-electron chi connectivity index (χ0n) is 24.7. The van der Waals surface area contributed by atoms with E-state index in [4.69, 9.17) is 4.74 Å². The molecule has 1 heterocycles. The number of para-hydroxylation sites is 1. The Balaban J connectivity index is 1.62. The second kappa shape index (κ2) is 15.7. The lowest BCUT2D eigenvalue weighted by Crippen LogP contribution is -2.47. The van der Waals surface area contributed by atoms with E-state index in [1.165, 1.54) is 6.42 Å². The number of carbonyl (C=O) groups excluding carboxylic acids is 3. The van der Waals surface area contributed by atoms with Crippen molar-refractivity contribution in [2.45, 2.75) is 83.7 Å². The minimum Gasteiger partial charge on any atom is -0.494 e. The number of ether oxygens (including phenoxy) is 1. The normalized spacial score (nSPS) is 14.0. The second-order valence-electron chi connectivity index (χ2n) is 10.6. The van der Waals surface area contributed by atoms with Crippen LogP contribution in [0.1, 0.15) is 82.4 Å². The first-order valence-electron chi connectivity index (χ1n) is 15.1. The van der Waals surface area contributed by atoms with Crippen LogP contribution in [0.4, 0.5) is 11.5 Å². The fraction of sp³-hybridized carbons (Fsp3) is 0.412. The maximum Gasteiger partial charge on any atom is 0.248 e. The van der Waals surface area contributed by atoms with Gasteiger partial charge in [-0.15, -0.1) is 0 Å². The maximum absolute atomic E-state index is 14.1. The van der Waals surface area contributed by atoms with Crippen LogP contribution in [0.25, 0.3) is 0 Å². The summed E-state index contributed by atoms with van der Waals surface area (Å²) in [5.74, 6) is 0.568. The monoisotopic (exact) mass is 570 g/mol. The van der Waals surface area contributed by atoms with Crippen LogP contribution in [-0.4, -0.2) is 35.4 Å². The van der Waals surface area contributed by atoms with Crippen LogP contribution in [0, 0.1) is 0 Å². The molecular formula is C34H42N4O4. The van der Waals surface area contributed by atoms with Gasteiger partial charge in [0.05, 0.1) is 6.61 Å². The molecule has 3 amide bonds. The molecule has 1 fully saturated rings. The molecule has 0 saturated heterocycles. The number of aromatic nitrogens is 1. The highest BCUT2D eigenvalue weighted by molar-refractivity contribution is 6.02. The molecule has 4 rings (SSSR count). The first kappa shape index (κ1) is 30.8. The van der Waals surface area contributed by atoms with Crippen LogP contribution < -0.4 is 20.3 Å². The van der Waals surface area contributed by atoms with Crippen molar-refractivity contribution < 1.29 is 19.1 Å². The average Bonchev–Trinajstić information content (AvgIpc) is 3.01. The summed E-state index contributed by atoms with van der Waals surface area (Å²) in [7, 11) is 0. The number of pyridine rings is 1. The zero-order chi connectivity index (χ0) is 29.7. The minimum absolute atomic E-state index is 0.0881. The van der Waals surface area contributed by atoms with E-state index in [-0.39, 0.29) is 36.6 Å². The molecule has 8 heteroatoms. The fourth-order valence-corrected chi connectivity index (χ4v) is 5.48. The molecule has 1 aliphatic rings. The van der Waals surface area contributed by atoms with Crippen molar-refractivity contribution in [1.82, 2.24) is 10.3 Å². The maximum atomic E-state index is 14.1. The van der Waals surface area contributed by atoms with Crippen molar-refractivity contribution in [2.75, 3.05) is 16.8 Å². The van der Waals surface area contributed by atoms with Gasteiger partial charge < -0.3 is 15.4 Å². The molecular weight excluding hydrogens is 528 g/mol. The SMILES string of the molecule is CCOc1ccc(C(C(=O)NC2CCCCC2)N(C(=O)CCCC(=O)Nc2ccccn2)c2ccccc2CC)cc1. The first-order chi connectivity index (χ1) is 20.5. The van der Waals surface area contributed by atoms with Crippen molar-refractivity contribution in [3.05, 3.63) is 84.1 Å². The van der Waals surface area contributed by atoms with Crippen molar-refractivity contribution in [3.8, 4) is 5.75 Å². The third-order valence-electron chi connectivity index (χ3n) is 7.59. The summed E-state index contributed by atoms with van der Waals surface area (Å²) >= 11 is 0. The van der Waals surface area contributed by atoms with Gasteiger partial charge in [0.1, 0.15) is 17.6 Å². The van der Waals surface area contributed by atoms with E-state index in [0.29, 0.717) is 42.3 Å². The molecule has 1 atom stereocenters. The number of aryl methyl sites for hydroxylation is 1. The average molecular weight is 571 g/mol. The van der Waals surface area contributed by atoms with Gasteiger partial charge >= 0.3 is 0 Å². The number of rotatable bonds is 13. The van der Waals surface area contributed by atoms with Gasteiger partial charge in [-0.1, -0.05) is 62.6 Å². The van der Waals surface area contributed by atoms with E-state index in [1.54, 1.807) is 29.3 Å². The molecule has 1 aromatic heterocycles. The third-order valence-corrected chi connectivity index (χ3v) is 7.59. The summed E-state index contributed by atoms with van der Waals surface area (Å²) < 4.78 is 5.65. The highest BCUT2D eigenvalue weighted by Crippen LogP contribution is 2.33. The summed E-state index contributed by atoms with van der Waals surface area (Å²) in [6.45, 7) is 4.50. The van der Waals surface area contributed by atoms with E-state index < -0.39 is 6.04 Å². The third kappa shape index (κ3) is 8.41. The molecule has 0 aliphatic heterocycles. The van der Waals surface area contributed by atoms with E-state index >= 15 is 0 Å². The van der Waals surface area contributed by atoms with Gasteiger partial charge in [0.15, 0.2) is 0 Å². The number of nitrogens with one attached hydrogen (secondary N) is 2. The number of carbonyl (C=O) groups is 3. The van der Waals surface area contributed by atoms with Crippen molar-refractivity contribution in [1.29, 1.82) is 0 Å². The molecule has 0 radical (unpaired) electrons. The molecule has 8 nitrogen and oxygen atoms in total. The number of hydrogen-bond donors (Lipinski definition) is 2. The Labute approximate surface area is 248 Å². The van der Waals surface area contributed by atoms with E-state index in [2.05, 4.69) is 15.6 Å². The van der Waals surface area contributed by atoms with E-state index in [9.17, 15) is 14.4 Å². The topological polar surface area (TPSA) is 101 Å². The summed E-state index contributed by atoms with van der Waals surface area (Å²) in [5.41, 5.74) is 2.39. The molecule has 1 saturated carbocycles. The standard InChI is InChI=1S/C34H42N4O4/c1-3-25-13-8-9-16-29(25)38(32(40)19-12-18-31(39)37-30-17-10-11-24-35-30)33(26-20-22-28(23-21-26)42-4-2)34(41)36-27-14-6-5-7-15-27/h8-11,13,16-17,20-24,27,33H,3-7,12,14-15,18-19H2,1-2H3,(H,36,41)(H,35,37,39). The largest absolute Gasteiger partial charge is 0.494 e. The lowest BCUT2D eigenvalue weighted by molar-refractivity contribution is -0.127. The van der Waals surface area contributed by atoms with Gasteiger partial charge in [0.25, 0.3) is 0 Å². The number of anilines is 2. The molecule has 42 heavy (non-hydrogen) atoms. The first-order valence-corrected chi connectivity index (χ1v) is 15.1. The summed E-state index contributed by atoms with van der Waals surface area (Å²) in [6, 6.07) is 19.7. The van der Waals surface area contributed by atoms with E-state index in [1.807, 2.05) is 62.4 Å². The summed E-state index contributed by atoms with van der Waals surface area (Å²) in [4.78, 5) is 46.6. The van der Waals surface area contributed by atoms with Gasteiger partial charge in [-0.3, -0.25) is 19.3 Å². The second-order valence-corrected chi connectivity index (χ2v) is 10.6. The van der Waals surface area contributed by atoms with Crippen LogP contribution in [0.5, 0.6) is 5.75 Å². The lowest BCUT2D eigenvalue weighted by Gasteiger charge is -2.34. The van der Waals surface area contributed by atoms with Gasteiger partial charge in [-0.05, 0) is 74.1 Å². The Morgan fingerprint density at radius 1 is 0.929 bits per heavy atom. The molecule has 222 valence electrons. The number of benzene rings is 2. The smallest absolute Gasteiger partial charge is 0.248 e. The quantitative estimate of drug-likeness (QED) is 0.249. The number of hydrogen-bond acceptors (Lipinski definition) is 5. The van der Waals surface area contributed by atoms with Crippen LogP contribution in [-0.2, 0) is 20.8 Å². The molecule has 0 bridgehead atoms. The molecule has 1 unspecified atom stereocenters. The summed E-state index contributed by atoms with van der Waals surface area (Å²) in [6.07, 6.45) is 8.14. The van der Waals surface area contributed by atoms with Gasteiger partial charge in [0, 0.05) is 30.8 Å². The van der Waals surface area contributed by atoms with Gasteiger partial charge in [-0.25, -0.2) is 4.98 Å². The van der Waals surface area contributed by atoms with Crippen molar-refractivity contribution in [3.63, 3.8) is 0 Å². The summed E-state index contributed by atoms with van der Waals surface area (Å²) in [5, 5.41) is 6.04. The molecule has 0 spiro atoms. The predicted octanol–water partition coefficient (Wildman–Crippen LogP) is 6.37. The van der Waals surface area contributed by atoms with Crippen molar-refractivity contribution in [2.24, 2.45) is 0 Å². The molecule has 2 aromatic carbocycles. The fourth-order valence-electron chi connectivity index (χ4n) is 5.48. The Morgan fingerprint density at radius 3 is 2.36 bits per heavy atom. The van der Waals surface area contributed by atoms with Crippen LogP contribution in [0.2, 0.25) is 0 Å². The van der Waals surface area contributed by atoms with Crippen LogP contribution in [0.15, 0.2) is 72.9 Å². The molecule has 2 N–H and O–H groups in total. The lowest BCUT2D eigenvalue weighted by atomic mass is 9.94. The Morgan fingerprint density at radius 2 is 1.67 bits per heavy atom. The Kier molecular flexibility index (Phi) is 11.5. The molecule has 3 aromatic rings. The minimum atomic E-state index is -0.870. The van der Waals surface area contributed by atoms with E-state index in [0.717, 1.165) is 31.2 Å². The Hall–Kier alpha value is -4.20. The van der Waals surface area contributed by atoms with Gasteiger partial charge in [0.2, 0.25) is 17.7 Å². The Bertz CT molecular complexity index is 1310. The van der Waals surface area contributed by atoms with Crippen LogP contribution >= 0.6 is 0 Å². The zero-order valence-corrected chi connectivity index (χ0v) is 24.7. The van der Waals surface area contributed by atoms with Crippen LogP contribution in [0.3, 0.4) is 0 Å². The highest BCUT2D eigenvalue weighted by atomic mass is 16.5. The molecule has 1 aliphatic carbocycles. The predicted molar refractivity (Wildman–Crippen MR) is 165 cm³/mol. The number of amides is 3. The van der Waals surface area contributed by atoms with Crippen molar-refractivity contribution >= 4 is 29.2 Å². The van der Waals surface area contributed by atoms with Gasteiger partial charge in [-0.2, -0.15) is 0 Å². The number of nitrogens with zero attached hydrogens (tertiary/aromatic N) is 2.